The molecule has 4 heteroatoms. The quantitative estimate of drug-likeness (QED) is 0.181. The zero-order chi connectivity index (χ0) is 32.6. The van der Waals surface area contributed by atoms with Crippen molar-refractivity contribution in [3.8, 4) is 67.4 Å². The average Bonchev–Trinajstić information content (AvgIpc) is 3.57. The van der Waals surface area contributed by atoms with Crippen LogP contribution in [0.4, 0.5) is 0 Å². The van der Waals surface area contributed by atoms with E-state index in [-0.39, 0.29) is 0 Å². The zero-order valence-electron chi connectivity index (χ0n) is 26.5. The fourth-order valence-corrected chi connectivity index (χ4v) is 7.57. The van der Waals surface area contributed by atoms with Gasteiger partial charge in [-0.15, -0.1) is 11.3 Å². The summed E-state index contributed by atoms with van der Waals surface area (Å²) in [5.74, 6) is 0.726. The van der Waals surface area contributed by atoms with Gasteiger partial charge in [0.15, 0.2) is 5.82 Å². The zero-order valence-corrected chi connectivity index (χ0v) is 27.3. The molecule has 9 aromatic rings. The molecule has 0 aliphatic carbocycles. The molecule has 0 N–H and O–H groups in total. The molecule has 230 valence electrons. The van der Waals surface area contributed by atoms with E-state index in [4.69, 9.17) is 15.0 Å². The van der Waals surface area contributed by atoms with Gasteiger partial charge in [-0.1, -0.05) is 152 Å². The van der Waals surface area contributed by atoms with Gasteiger partial charge in [-0.05, 0) is 46.5 Å². The van der Waals surface area contributed by atoms with Crippen LogP contribution in [0, 0.1) is 0 Å². The van der Waals surface area contributed by atoms with Gasteiger partial charge in [0, 0.05) is 32.3 Å². The molecule has 49 heavy (non-hydrogen) atoms. The highest BCUT2D eigenvalue weighted by atomic mass is 32.1. The van der Waals surface area contributed by atoms with Gasteiger partial charge in [0.2, 0.25) is 0 Å². The Morgan fingerprint density at radius 3 is 1.59 bits per heavy atom. The maximum atomic E-state index is 5.18. The first-order valence-electron chi connectivity index (χ1n) is 16.4. The number of pyridine rings is 1. The van der Waals surface area contributed by atoms with Crippen molar-refractivity contribution in [1.82, 2.24) is 15.0 Å². The van der Waals surface area contributed by atoms with Crippen molar-refractivity contribution >= 4 is 31.6 Å². The minimum Gasteiger partial charge on any atom is -0.248 e. The van der Waals surface area contributed by atoms with Crippen LogP contribution in [0.1, 0.15) is 0 Å². The third-order valence-corrected chi connectivity index (χ3v) is 10.1. The molecule has 0 atom stereocenters. The van der Waals surface area contributed by atoms with E-state index in [1.807, 2.05) is 18.2 Å². The van der Waals surface area contributed by atoms with Crippen LogP contribution in [-0.4, -0.2) is 15.0 Å². The van der Waals surface area contributed by atoms with Crippen LogP contribution < -0.4 is 0 Å². The van der Waals surface area contributed by atoms with E-state index in [2.05, 4.69) is 158 Å². The Kier molecular flexibility index (Phi) is 7.34. The summed E-state index contributed by atoms with van der Waals surface area (Å²) in [5, 5.41) is 1.16. The number of aromatic nitrogens is 3. The summed E-state index contributed by atoms with van der Waals surface area (Å²) in [4.78, 5) is 15.5. The molecule has 0 spiro atoms. The van der Waals surface area contributed by atoms with Gasteiger partial charge in [-0.25, -0.2) is 15.0 Å². The monoisotopic (exact) mass is 643 g/mol. The Morgan fingerprint density at radius 1 is 0.347 bits per heavy atom. The predicted octanol–water partition coefficient (Wildman–Crippen LogP) is 12.2. The van der Waals surface area contributed by atoms with Crippen LogP contribution >= 0.6 is 11.3 Å². The lowest BCUT2D eigenvalue weighted by Gasteiger charge is -2.11. The highest BCUT2D eigenvalue weighted by Crippen LogP contribution is 2.40. The molecular weight excluding hydrogens is 615 g/mol. The molecule has 0 aliphatic heterocycles. The van der Waals surface area contributed by atoms with Crippen molar-refractivity contribution in [2.45, 2.75) is 0 Å². The van der Waals surface area contributed by atoms with Crippen molar-refractivity contribution in [3.63, 3.8) is 0 Å². The first kappa shape index (κ1) is 29.0. The number of rotatable bonds is 6. The summed E-state index contributed by atoms with van der Waals surface area (Å²) >= 11 is 1.76. The van der Waals surface area contributed by atoms with Crippen molar-refractivity contribution in [2.24, 2.45) is 0 Å². The third kappa shape index (κ3) is 5.58. The van der Waals surface area contributed by atoms with Crippen LogP contribution in [0.15, 0.2) is 176 Å². The minimum atomic E-state index is 0.726. The molecule has 0 fully saturated rings. The van der Waals surface area contributed by atoms with Crippen molar-refractivity contribution in [1.29, 1.82) is 0 Å². The van der Waals surface area contributed by atoms with Gasteiger partial charge in [0.05, 0.1) is 27.3 Å². The molecule has 0 aliphatic rings. The van der Waals surface area contributed by atoms with Gasteiger partial charge >= 0.3 is 0 Å². The lowest BCUT2D eigenvalue weighted by Crippen LogP contribution is -1.94. The fourth-order valence-electron chi connectivity index (χ4n) is 6.42. The van der Waals surface area contributed by atoms with Crippen LogP contribution in [0.25, 0.3) is 87.7 Å². The van der Waals surface area contributed by atoms with Crippen LogP contribution in [0.2, 0.25) is 0 Å². The number of nitrogens with zero attached hydrogens (tertiary/aromatic N) is 3. The topological polar surface area (TPSA) is 38.7 Å². The second kappa shape index (κ2) is 12.4. The van der Waals surface area contributed by atoms with E-state index in [1.54, 1.807) is 11.3 Å². The first-order chi connectivity index (χ1) is 24.3. The average molecular weight is 644 g/mol. The van der Waals surface area contributed by atoms with E-state index in [0.717, 1.165) is 77.5 Å². The second-order valence-electron chi connectivity index (χ2n) is 12.1. The van der Waals surface area contributed by atoms with E-state index in [0.29, 0.717) is 0 Å². The summed E-state index contributed by atoms with van der Waals surface area (Å²) in [6.45, 7) is 0. The summed E-state index contributed by atoms with van der Waals surface area (Å²) < 4.78 is 2.33. The smallest absolute Gasteiger partial charge is 0.160 e. The lowest BCUT2D eigenvalue weighted by atomic mass is 9.98. The molecular formula is C45H29N3S. The summed E-state index contributed by atoms with van der Waals surface area (Å²) in [6, 6.07) is 61.4. The standard InChI is InChI=1S/C45H29N3S/c1-4-13-30(14-5-1)37-28-39(32-15-6-2-7-16-32)46-40(29-37)33-25-23-31(24-26-33)35-19-12-20-36(27-35)45-47-42(34-17-8-3-9-18-34)44-43(48-45)38-21-10-11-22-41(38)49-44/h1-29H. The Bertz CT molecular complexity index is 2520. The molecule has 0 amide bonds. The number of hydrogen-bond acceptors (Lipinski definition) is 4. The fraction of sp³-hybridized carbons (Fsp3) is 0. The van der Waals surface area contributed by atoms with Crippen molar-refractivity contribution in [2.75, 3.05) is 0 Å². The molecule has 0 radical (unpaired) electrons. The largest absolute Gasteiger partial charge is 0.248 e. The number of thiophene rings is 1. The van der Waals surface area contributed by atoms with Gasteiger partial charge < -0.3 is 0 Å². The maximum absolute atomic E-state index is 5.18. The third-order valence-electron chi connectivity index (χ3n) is 8.90. The summed E-state index contributed by atoms with van der Waals surface area (Å²) in [7, 11) is 0. The normalized spacial score (nSPS) is 11.3. The highest BCUT2D eigenvalue weighted by Gasteiger charge is 2.17. The lowest BCUT2D eigenvalue weighted by molar-refractivity contribution is 1.24. The second-order valence-corrected chi connectivity index (χ2v) is 13.1. The van der Waals surface area contributed by atoms with E-state index in [9.17, 15) is 0 Å². The molecule has 3 heterocycles. The molecule has 3 aromatic heterocycles. The Labute approximate surface area is 288 Å². The van der Waals surface area contributed by atoms with Crippen LogP contribution in [-0.2, 0) is 0 Å². The van der Waals surface area contributed by atoms with Gasteiger partial charge in [0.1, 0.15) is 0 Å². The van der Waals surface area contributed by atoms with Gasteiger partial charge in [-0.2, -0.15) is 0 Å². The Hall–Kier alpha value is -6.23. The predicted molar refractivity (Wildman–Crippen MR) is 205 cm³/mol. The first-order valence-corrected chi connectivity index (χ1v) is 17.2. The number of hydrogen-bond donors (Lipinski definition) is 0. The summed E-state index contributed by atoms with van der Waals surface area (Å²) in [5.41, 5.74) is 12.7. The molecule has 0 unspecified atom stereocenters. The van der Waals surface area contributed by atoms with Crippen LogP contribution in [0.5, 0.6) is 0 Å². The molecule has 9 rings (SSSR count). The molecule has 0 bridgehead atoms. The highest BCUT2D eigenvalue weighted by molar-refractivity contribution is 7.26. The van der Waals surface area contributed by atoms with Crippen molar-refractivity contribution in [3.05, 3.63) is 176 Å². The van der Waals surface area contributed by atoms with E-state index >= 15 is 0 Å². The minimum absolute atomic E-state index is 0.726. The van der Waals surface area contributed by atoms with Gasteiger partial charge in [0.25, 0.3) is 0 Å². The van der Waals surface area contributed by atoms with Crippen molar-refractivity contribution < 1.29 is 0 Å². The number of fused-ring (bicyclic) bond motifs is 3. The number of benzene rings is 6. The van der Waals surface area contributed by atoms with E-state index < -0.39 is 0 Å². The Morgan fingerprint density at radius 2 is 0.878 bits per heavy atom. The molecule has 3 nitrogen and oxygen atoms in total. The maximum Gasteiger partial charge on any atom is 0.160 e. The van der Waals surface area contributed by atoms with Gasteiger partial charge in [-0.3, -0.25) is 0 Å². The molecule has 0 saturated carbocycles. The van der Waals surface area contributed by atoms with Crippen LogP contribution in [0.3, 0.4) is 0 Å². The van der Waals surface area contributed by atoms with E-state index in [1.165, 1.54) is 10.3 Å². The molecule has 6 aromatic carbocycles. The summed E-state index contributed by atoms with van der Waals surface area (Å²) in [6.07, 6.45) is 0. The molecule has 0 saturated heterocycles. The Balaban J connectivity index is 1.11. The SMILES string of the molecule is c1ccc(-c2cc(-c3ccccc3)nc(-c3ccc(-c4cccc(-c5nc(-c6ccccc6)c6sc7ccccc7c6n5)c4)cc3)c2)cc1.